The van der Waals surface area contributed by atoms with Gasteiger partial charge < -0.3 is 10.6 Å². The molecule has 3 rings (SSSR count). The Balaban J connectivity index is 1.73. The van der Waals surface area contributed by atoms with Crippen LogP contribution in [0.3, 0.4) is 0 Å². The summed E-state index contributed by atoms with van der Waals surface area (Å²) in [5.41, 5.74) is 3.24. The summed E-state index contributed by atoms with van der Waals surface area (Å²) in [5, 5.41) is 5.79. The van der Waals surface area contributed by atoms with Gasteiger partial charge in [-0.1, -0.05) is 43.3 Å². The maximum Gasteiger partial charge on any atom is 0.251 e. The van der Waals surface area contributed by atoms with Crippen molar-refractivity contribution in [3.05, 3.63) is 53.6 Å². The molecule has 2 N–H and O–H groups in total. The Bertz CT molecular complexity index is 997. The third-order valence-corrected chi connectivity index (χ3v) is 6.36. The zero-order valence-corrected chi connectivity index (χ0v) is 17.9. The molecule has 2 aromatic carbocycles. The number of nitrogens with one attached hydrogen (secondary N) is 2. The second-order valence-corrected chi connectivity index (χ2v) is 9.00. The molecule has 0 radical (unpaired) electrons. The van der Waals surface area contributed by atoms with E-state index in [9.17, 15) is 9.59 Å². The van der Waals surface area contributed by atoms with Gasteiger partial charge in [0.2, 0.25) is 5.91 Å². The average Bonchev–Trinajstić information content (AvgIpc) is 3.08. The molecule has 0 saturated heterocycles. The minimum absolute atomic E-state index is 0.0513. The molecule has 2 amide bonds. The number of carbonyl (C=O) groups is 2. The first-order chi connectivity index (χ1) is 13.4. The van der Waals surface area contributed by atoms with E-state index in [0.29, 0.717) is 11.3 Å². The molecule has 7 heteroatoms. The number of aromatic nitrogens is 1. The maximum atomic E-state index is 12.8. The zero-order chi connectivity index (χ0) is 20.3. The van der Waals surface area contributed by atoms with Crippen molar-refractivity contribution in [1.82, 2.24) is 10.3 Å². The highest BCUT2D eigenvalue weighted by molar-refractivity contribution is 8.00. The van der Waals surface area contributed by atoms with Gasteiger partial charge in [0.1, 0.15) is 6.04 Å². The first-order valence-corrected chi connectivity index (χ1v) is 11.0. The van der Waals surface area contributed by atoms with Gasteiger partial charge in [-0.15, -0.1) is 11.3 Å². The molecular formula is C21H23N3O2S2. The molecule has 0 fully saturated rings. The van der Waals surface area contributed by atoms with Crippen molar-refractivity contribution in [3.63, 3.8) is 0 Å². The number of thiazole rings is 1. The topological polar surface area (TPSA) is 71.1 Å². The summed E-state index contributed by atoms with van der Waals surface area (Å²) < 4.78 is 2.01. The number of rotatable bonds is 6. The van der Waals surface area contributed by atoms with Gasteiger partial charge in [-0.25, -0.2) is 4.98 Å². The van der Waals surface area contributed by atoms with Gasteiger partial charge in [-0.3, -0.25) is 9.59 Å². The summed E-state index contributed by atoms with van der Waals surface area (Å²) >= 11 is 3.19. The summed E-state index contributed by atoms with van der Waals surface area (Å²) in [4.78, 5) is 29.9. The number of aryl methyl sites for hydroxylation is 1. The number of nitrogens with zero attached hydrogens (tertiary/aromatic N) is 1. The third-order valence-electron chi connectivity index (χ3n) is 4.36. The third kappa shape index (κ3) is 4.72. The normalized spacial score (nSPS) is 12.2. The number of fused-ring (bicyclic) bond motifs is 1. The Morgan fingerprint density at radius 1 is 1.11 bits per heavy atom. The smallest absolute Gasteiger partial charge is 0.251 e. The molecular weight excluding hydrogens is 390 g/mol. The van der Waals surface area contributed by atoms with Crippen LogP contribution < -0.4 is 10.6 Å². The van der Waals surface area contributed by atoms with E-state index in [1.165, 1.54) is 0 Å². The summed E-state index contributed by atoms with van der Waals surface area (Å²) in [6, 6.07) is 12.3. The van der Waals surface area contributed by atoms with E-state index in [-0.39, 0.29) is 17.7 Å². The second-order valence-electron chi connectivity index (χ2n) is 6.92. The Kier molecular flexibility index (Phi) is 6.36. The fourth-order valence-electron chi connectivity index (χ4n) is 2.75. The largest absolute Gasteiger partial charge is 0.340 e. The number of amides is 2. The lowest BCUT2D eigenvalue weighted by atomic mass is 10.0. The molecule has 0 bridgehead atoms. The summed E-state index contributed by atoms with van der Waals surface area (Å²) in [6.45, 7) is 5.79. The first kappa shape index (κ1) is 20.4. The fourth-order valence-corrected chi connectivity index (χ4v) is 4.28. The molecule has 5 nitrogen and oxygen atoms in total. The lowest BCUT2D eigenvalue weighted by Gasteiger charge is -2.22. The Labute approximate surface area is 172 Å². The Morgan fingerprint density at radius 3 is 2.46 bits per heavy atom. The molecule has 28 heavy (non-hydrogen) atoms. The van der Waals surface area contributed by atoms with Crippen LogP contribution >= 0.6 is 23.1 Å². The molecule has 0 saturated carbocycles. The molecule has 1 aromatic heterocycles. The average molecular weight is 414 g/mol. The quantitative estimate of drug-likeness (QED) is 0.574. The highest BCUT2D eigenvalue weighted by Gasteiger charge is 2.25. The van der Waals surface area contributed by atoms with Crippen molar-refractivity contribution in [3.8, 4) is 0 Å². The van der Waals surface area contributed by atoms with Gasteiger partial charge in [0.05, 0.1) is 10.2 Å². The predicted octanol–water partition coefficient (Wildman–Crippen LogP) is 4.72. The van der Waals surface area contributed by atoms with Gasteiger partial charge in [-0.05, 0) is 49.4 Å². The van der Waals surface area contributed by atoms with Crippen LogP contribution in [0.25, 0.3) is 10.2 Å². The van der Waals surface area contributed by atoms with Crippen molar-refractivity contribution in [1.29, 1.82) is 0 Å². The highest BCUT2D eigenvalue weighted by atomic mass is 32.2. The molecule has 3 aromatic rings. The molecule has 1 unspecified atom stereocenters. The summed E-state index contributed by atoms with van der Waals surface area (Å²) in [7, 11) is 0. The van der Waals surface area contributed by atoms with Crippen LogP contribution in [0.15, 0.2) is 46.8 Å². The summed E-state index contributed by atoms with van der Waals surface area (Å²) in [5.74, 6) is -0.537. The minimum atomic E-state index is -0.632. The molecule has 0 spiro atoms. The van der Waals surface area contributed by atoms with Gasteiger partial charge in [0, 0.05) is 11.3 Å². The van der Waals surface area contributed by atoms with E-state index < -0.39 is 6.04 Å². The number of benzene rings is 2. The van der Waals surface area contributed by atoms with Crippen LogP contribution in [0.5, 0.6) is 0 Å². The van der Waals surface area contributed by atoms with Crippen molar-refractivity contribution in [2.45, 2.75) is 31.2 Å². The molecule has 146 valence electrons. The van der Waals surface area contributed by atoms with Crippen LogP contribution in [0, 0.1) is 12.8 Å². The van der Waals surface area contributed by atoms with Crippen molar-refractivity contribution in [2.24, 2.45) is 5.92 Å². The highest BCUT2D eigenvalue weighted by Crippen LogP contribution is 2.30. The van der Waals surface area contributed by atoms with E-state index in [1.807, 2.05) is 57.4 Å². The molecule has 1 atom stereocenters. The number of anilines is 1. The second kappa shape index (κ2) is 8.75. The number of hydrogen-bond donors (Lipinski definition) is 2. The van der Waals surface area contributed by atoms with Crippen molar-refractivity contribution >= 4 is 50.8 Å². The number of thioether (sulfide) groups is 1. The van der Waals surface area contributed by atoms with Gasteiger partial charge in [0.25, 0.3) is 5.91 Å². The van der Waals surface area contributed by atoms with Crippen molar-refractivity contribution < 1.29 is 9.59 Å². The predicted molar refractivity (Wildman–Crippen MR) is 117 cm³/mol. The monoisotopic (exact) mass is 413 g/mol. The number of carbonyl (C=O) groups excluding carboxylic acids is 2. The van der Waals surface area contributed by atoms with E-state index in [4.69, 9.17) is 0 Å². The van der Waals surface area contributed by atoms with E-state index in [1.54, 1.807) is 35.2 Å². The van der Waals surface area contributed by atoms with Crippen LogP contribution in [-0.2, 0) is 4.79 Å². The SMILES string of the molecule is CSc1nc2ccc(NC(=O)C(NC(=O)c3ccc(C)cc3)C(C)C)cc2s1. The Hall–Kier alpha value is -2.38. The number of hydrogen-bond acceptors (Lipinski definition) is 5. The van der Waals surface area contributed by atoms with Crippen LogP contribution in [-0.4, -0.2) is 29.1 Å². The van der Waals surface area contributed by atoms with Crippen LogP contribution in [0.2, 0.25) is 0 Å². The van der Waals surface area contributed by atoms with Crippen molar-refractivity contribution in [2.75, 3.05) is 11.6 Å². The maximum absolute atomic E-state index is 12.8. The Morgan fingerprint density at radius 2 is 1.82 bits per heavy atom. The molecule has 0 aliphatic carbocycles. The molecule has 0 aliphatic rings. The van der Waals surface area contributed by atoms with Gasteiger partial charge >= 0.3 is 0 Å². The van der Waals surface area contributed by atoms with E-state index >= 15 is 0 Å². The van der Waals surface area contributed by atoms with Gasteiger partial charge in [-0.2, -0.15) is 0 Å². The van der Waals surface area contributed by atoms with Gasteiger partial charge in [0.15, 0.2) is 4.34 Å². The zero-order valence-electron chi connectivity index (χ0n) is 16.3. The lowest BCUT2D eigenvalue weighted by molar-refractivity contribution is -0.118. The molecule has 1 heterocycles. The minimum Gasteiger partial charge on any atom is -0.340 e. The lowest BCUT2D eigenvalue weighted by Crippen LogP contribution is -2.47. The van der Waals surface area contributed by atoms with E-state index in [2.05, 4.69) is 15.6 Å². The molecule has 0 aliphatic heterocycles. The first-order valence-electron chi connectivity index (χ1n) is 9.00. The van der Waals surface area contributed by atoms with Crippen LogP contribution in [0.4, 0.5) is 5.69 Å². The summed E-state index contributed by atoms with van der Waals surface area (Å²) in [6.07, 6.45) is 1.99. The van der Waals surface area contributed by atoms with Crippen LogP contribution in [0.1, 0.15) is 29.8 Å². The fraction of sp³-hybridized carbons (Fsp3) is 0.286. The standard InChI is InChI=1S/C21H23N3O2S2/c1-12(2)18(24-19(25)14-7-5-13(3)6-8-14)20(26)22-15-9-10-16-17(11-15)28-21(23-16)27-4/h5-12,18H,1-4H3,(H,22,26)(H,24,25). The van der Waals surface area contributed by atoms with E-state index in [0.717, 1.165) is 20.1 Å².